The number of nitrogens with two attached hydrogens (primary N) is 1. The van der Waals surface area contributed by atoms with Crippen molar-refractivity contribution in [1.82, 2.24) is 14.9 Å². The van der Waals surface area contributed by atoms with Crippen LogP contribution in [0.3, 0.4) is 0 Å². The lowest BCUT2D eigenvalue weighted by atomic mass is 10.1. The highest BCUT2D eigenvalue weighted by molar-refractivity contribution is 5.99. The van der Waals surface area contributed by atoms with Gasteiger partial charge in [0, 0.05) is 13.0 Å². The maximum Gasteiger partial charge on any atom is 0.338 e. The summed E-state index contributed by atoms with van der Waals surface area (Å²) >= 11 is 0. The lowest BCUT2D eigenvalue weighted by Crippen LogP contribution is -2.45. The first-order chi connectivity index (χ1) is 13.8. The predicted molar refractivity (Wildman–Crippen MR) is 105 cm³/mol. The van der Waals surface area contributed by atoms with Crippen molar-refractivity contribution in [3.05, 3.63) is 39.9 Å². The van der Waals surface area contributed by atoms with Gasteiger partial charge in [-0.2, -0.15) is 0 Å². The zero-order chi connectivity index (χ0) is 21.1. The summed E-state index contributed by atoms with van der Waals surface area (Å²) in [6.07, 6.45) is 2.47. The van der Waals surface area contributed by atoms with Gasteiger partial charge >= 0.3 is 12.0 Å². The number of hydrogen-bond acceptors (Lipinski definition) is 6. The maximum atomic E-state index is 12.8. The monoisotopic (exact) mass is 400 g/mol. The number of esters is 1. The average molecular weight is 400 g/mol. The van der Waals surface area contributed by atoms with Crippen LogP contribution in [0.25, 0.3) is 10.9 Å². The number of carbonyl (C=O) groups excluding carboxylic acids is 3. The fraction of sp³-hybridized carbons (Fsp3) is 0.450. The molecule has 3 N–H and O–H groups in total. The fourth-order valence-corrected chi connectivity index (χ4v) is 3.41. The van der Waals surface area contributed by atoms with Gasteiger partial charge in [-0.3, -0.25) is 19.5 Å². The fourth-order valence-electron chi connectivity index (χ4n) is 3.41. The van der Waals surface area contributed by atoms with Gasteiger partial charge in [-0.1, -0.05) is 20.3 Å². The lowest BCUT2D eigenvalue weighted by Gasteiger charge is -2.20. The second-order valence-corrected chi connectivity index (χ2v) is 7.45. The highest BCUT2D eigenvalue weighted by Gasteiger charge is 2.28. The van der Waals surface area contributed by atoms with E-state index in [4.69, 9.17) is 10.5 Å². The summed E-state index contributed by atoms with van der Waals surface area (Å²) in [5.41, 5.74) is 5.43. The van der Waals surface area contributed by atoms with Crippen LogP contribution in [0.2, 0.25) is 0 Å². The summed E-state index contributed by atoms with van der Waals surface area (Å²) in [4.78, 5) is 52.9. The molecule has 0 saturated carbocycles. The molecule has 3 rings (SSSR count). The van der Waals surface area contributed by atoms with E-state index in [2.05, 4.69) is 4.98 Å². The number of benzene rings is 1. The molecule has 0 unspecified atom stereocenters. The molecule has 0 fully saturated rings. The van der Waals surface area contributed by atoms with Gasteiger partial charge < -0.3 is 10.5 Å². The number of nitrogens with zero attached hydrogens (tertiary/aromatic N) is 2. The van der Waals surface area contributed by atoms with Crippen molar-refractivity contribution in [2.24, 2.45) is 11.7 Å². The SMILES string of the molecule is CC(C)[C@H](OC(=O)c1ccc2c(=O)n3c(nc2c1)CCCCC3)C(=O)NC(N)=O. The number of amides is 3. The Morgan fingerprint density at radius 1 is 1.21 bits per heavy atom. The molecule has 1 aliphatic rings. The Labute approximate surface area is 167 Å². The first-order valence-electron chi connectivity index (χ1n) is 9.62. The maximum absolute atomic E-state index is 12.8. The van der Waals surface area contributed by atoms with E-state index in [0.29, 0.717) is 29.7 Å². The van der Waals surface area contributed by atoms with E-state index in [0.717, 1.165) is 19.3 Å². The van der Waals surface area contributed by atoms with Gasteiger partial charge in [0.25, 0.3) is 11.5 Å². The quantitative estimate of drug-likeness (QED) is 0.747. The van der Waals surface area contributed by atoms with Crippen LogP contribution in [0.4, 0.5) is 4.79 Å². The number of rotatable bonds is 4. The van der Waals surface area contributed by atoms with Crippen molar-refractivity contribution in [1.29, 1.82) is 0 Å². The summed E-state index contributed by atoms with van der Waals surface area (Å²) < 4.78 is 7.01. The first-order valence-corrected chi connectivity index (χ1v) is 9.62. The van der Waals surface area contributed by atoms with E-state index >= 15 is 0 Å². The third kappa shape index (κ3) is 4.44. The molecule has 1 aromatic carbocycles. The van der Waals surface area contributed by atoms with Crippen molar-refractivity contribution < 1.29 is 19.1 Å². The summed E-state index contributed by atoms with van der Waals surface area (Å²) in [7, 11) is 0. The number of aromatic nitrogens is 2. The van der Waals surface area contributed by atoms with E-state index in [1.807, 2.05) is 5.32 Å². The van der Waals surface area contributed by atoms with Gasteiger partial charge in [0.15, 0.2) is 6.10 Å². The zero-order valence-corrected chi connectivity index (χ0v) is 16.4. The van der Waals surface area contributed by atoms with Crippen molar-refractivity contribution in [2.45, 2.75) is 52.2 Å². The van der Waals surface area contributed by atoms with Gasteiger partial charge in [-0.05, 0) is 37.0 Å². The minimum absolute atomic E-state index is 0.118. The van der Waals surface area contributed by atoms with Crippen LogP contribution < -0.4 is 16.6 Å². The number of urea groups is 1. The number of nitrogens with one attached hydrogen (secondary N) is 1. The Morgan fingerprint density at radius 2 is 1.97 bits per heavy atom. The number of carbonyl (C=O) groups is 3. The Bertz CT molecular complexity index is 1030. The molecule has 1 atom stereocenters. The van der Waals surface area contributed by atoms with Crippen LogP contribution >= 0.6 is 0 Å². The number of primary amides is 1. The lowest BCUT2D eigenvalue weighted by molar-refractivity contribution is -0.130. The van der Waals surface area contributed by atoms with Gasteiger partial charge in [0.05, 0.1) is 16.5 Å². The van der Waals surface area contributed by atoms with Crippen LogP contribution in [-0.4, -0.2) is 33.6 Å². The summed E-state index contributed by atoms with van der Waals surface area (Å²) in [5.74, 6) is -1.20. The van der Waals surface area contributed by atoms with E-state index in [1.54, 1.807) is 24.5 Å². The molecular formula is C20H24N4O5. The molecule has 29 heavy (non-hydrogen) atoms. The minimum Gasteiger partial charge on any atom is -0.448 e. The second-order valence-electron chi connectivity index (χ2n) is 7.45. The Morgan fingerprint density at radius 3 is 2.66 bits per heavy atom. The Hall–Kier alpha value is -3.23. The van der Waals surface area contributed by atoms with Crippen molar-refractivity contribution >= 4 is 28.8 Å². The van der Waals surface area contributed by atoms with Gasteiger partial charge in [0.1, 0.15) is 5.82 Å². The van der Waals surface area contributed by atoms with Crippen LogP contribution in [0.5, 0.6) is 0 Å². The van der Waals surface area contributed by atoms with Crippen molar-refractivity contribution in [3.8, 4) is 0 Å². The van der Waals surface area contributed by atoms with Crippen LogP contribution in [-0.2, 0) is 22.5 Å². The highest BCUT2D eigenvalue weighted by Crippen LogP contribution is 2.18. The van der Waals surface area contributed by atoms with Crippen LogP contribution in [0, 0.1) is 5.92 Å². The van der Waals surface area contributed by atoms with Gasteiger partial charge in [-0.25, -0.2) is 14.6 Å². The molecule has 0 radical (unpaired) electrons. The summed E-state index contributed by atoms with van der Waals surface area (Å²) in [6.45, 7) is 4.00. The van der Waals surface area contributed by atoms with E-state index in [9.17, 15) is 19.2 Å². The Balaban J connectivity index is 1.91. The van der Waals surface area contributed by atoms with E-state index < -0.39 is 24.0 Å². The molecule has 0 bridgehead atoms. The zero-order valence-electron chi connectivity index (χ0n) is 16.4. The molecule has 0 spiro atoms. The Kier molecular flexibility index (Phi) is 5.95. The molecule has 1 aliphatic heterocycles. The predicted octanol–water partition coefficient (Wildman–Crippen LogP) is 1.50. The third-order valence-electron chi connectivity index (χ3n) is 4.90. The molecule has 3 amide bonds. The molecule has 9 heteroatoms. The number of hydrogen-bond donors (Lipinski definition) is 2. The summed E-state index contributed by atoms with van der Waals surface area (Å²) in [6, 6.07) is 3.50. The normalized spacial score (nSPS) is 14.7. The smallest absolute Gasteiger partial charge is 0.338 e. The molecule has 0 aliphatic carbocycles. The molecule has 9 nitrogen and oxygen atoms in total. The molecule has 2 aromatic rings. The standard InChI is InChI=1S/C20H24N4O5/c1-11(2)16(17(25)23-20(21)28)29-19(27)12-7-8-13-14(10-12)22-15-6-4-3-5-9-24(15)18(13)26/h7-8,10-11,16H,3-6,9H2,1-2H3,(H3,21,23,25,28)/t16-/m0/s1. The number of fused-ring (bicyclic) bond motifs is 2. The van der Waals surface area contributed by atoms with Crippen LogP contribution in [0.15, 0.2) is 23.0 Å². The largest absolute Gasteiger partial charge is 0.448 e. The van der Waals surface area contributed by atoms with Crippen LogP contribution in [0.1, 0.15) is 49.3 Å². The molecule has 0 saturated heterocycles. The number of imide groups is 1. The second kappa shape index (κ2) is 8.42. The van der Waals surface area contributed by atoms with E-state index in [1.165, 1.54) is 12.1 Å². The first kappa shape index (κ1) is 20.5. The van der Waals surface area contributed by atoms with Gasteiger partial charge in [0.2, 0.25) is 0 Å². The molecular weight excluding hydrogens is 376 g/mol. The molecule has 1 aromatic heterocycles. The highest BCUT2D eigenvalue weighted by atomic mass is 16.5. The average Bonchev–Trinajstić information content (AvgIpc) is 2.90. The third-order valence-corrected chi connectivity index (χ3v) is 4.90. The summed E-state index contributed by atoms with van der Waals surface area (Å²) in [5, 5.41) is 2.35. The van der Waals surface area contributed by atoms with Gasteiger partial charge in [-0.15, -0.1) is 0 Å². The van der Waals surface area contributed by atoms with Crippen molar-refractivity contribution in [2.75, 3.05) is 0 Å². The molecule has 2 heterocycles. The molecule has 154 valence electrons. The topological polar surface area (TPSA) is 133 Å². The minimum atomic E-state index is -1.18. The van der Waals surface area contributed by atoms with Crippen molar-refractivity contribution in [3.63, 3.8) is 0 Å². The number of ether oxygens (including phenoxy) is 1. The van der Waals surface area contributed by atoms with E-state index in [-0.39, 0.29) is 17.0 Å². The number of aryl methyl sites for hydroxylation is 1.